The predicted molar refractivity (Wildman–Crippen MR) is 73.3 cm³/mol. The van der Waals surface area contributed by atoms with Crippen LogP contribution < -0.4 is 5.32 Å². The summed E-state index contributed by atoms with van der Waals surface area (Å²) in [5.74, 6) is -1.62. The van der Waals surface area contributed by atoms with E-state index in [-0.39, 0.29) is 6.04 Å². The Hall–Kier alpha value is -1.45. The lowest BCUT2D eigenvalue weighted by atomic mass is 9.98. The van der Waals surface area contributed by atoms with Gasteiger partial charge in [0.2, 0.25) is 0 Å². The summed E-state index contributed by atoms with van der Waals surface area (Å²) in [4.78, 5) is 0. The van der Waals surface area contributed by atoms with E-state index in [1.54, 1.807) is 19.2 Å². The second-order valence-corrected chi connectivity index (χ2v) is 4.69. The Bertz CT molecular complexity index is 572. The molecule has 0 aromatic heterocycles. The second-order valence-electron chi connectivity index (χ2n) is 4.28. The quantitative estimate of drug-likeness (QED) is 0.889. The number of hydrogen-bond donors (Lipinski definition) is 1. The van der Waals surface area contributed by atoms with Crippen LogP contribution in [0.3, 0.4) is 0 Å². The van der Waals surface area contributed by atoms with Crippen LogP contribution >= 0.6 is 11.6 Å². The van der Waals surface area contributed by atoms with Gasteiger partial charge >= 0.3 is 0 Å². The zero-order valence-electron chi connectivity index (χ0n) is 10.5. The molecule has 0 saturated carbocycles. The highest BCUT2D eigenvalue weighted by Crippen LogP contribution is 2.26. The third kappa shape index (κ3) is 3.11. The van der Waals surface area contributed by atoms with Gasteiger partial charge in [0.1, 0.15) is 0 Å². The normalized spacial score (nSPS) is 12.4. The number of likely N-dealkylation sites (N-methyl/N-ethyl adjacent to an activating group) is 1. The van der Waals surface area contributed by atoms with Gasteiger partial charge in [0.15, 0.2) is 11.6 Å². The molecule has 19 heavy (non-hydrogen) atoms. The van der Waals surface area contributed by atoms with Gasteiger partial charge in [-0.05, 0) is 36.7 Å². The Morgan fingerprint density at radius 3 is 2.53 bits per heavy atom. The molecule has 0 aliphatic heterocycles. The van der Waals surface area contributed by atoms with Crippen LogP contribution in [0.4, 0.5) is 8.78 Å². The molecule has 0 bridgehead atoms. The number of rotatable bonds is 4. The zero-order valence-corrected chi connectivity index (χ0v) is 11.2. The van der Waals surface area contributed by atoms with Crippen LogP contribution in [0, 0.1) is 11.6 Å². The maximum absolute atomic E-state index is 13.7. The van der Waals surface area contributed by atoms with Crippen molar-refractivity contribution in [3.63, 3.8) is 0 Å². The topological polar surface area (TPSA) is 12.0 Å². The molecule has 0 aliphatic rings. The summed E-state index contributed by atoms with van der Waals surface area (Å²) in [6.45, 7) is 0. The van der Waals surface area contributed by atoms with E-state index in [0.29, 0.717) is 17.0 Å². The first-order chi connectivity index (χ1) is 9.13. The monoisotopic (exact) mass is 281 g/mol. The van der Waals surface area contributed by atoms with Gasteiger partial charge in [-0.25, -0.2) is 8.78 Å². The molecule has 1 unspecified atom stereocenters. The number of hydrogen-bond acceptors (Lipinski definition) is 1. The average molecular weight is 282 g/mol. The molecular weight excluding hydrogens is 268 g/mol. The fourth-order valence-electron chi connectivity index (χ4n) is 2.05. The van der Waals surface area contributed by atoms with E-state index in [1.165, 1.54) is 6.07 Å². The Balaban J connectivity index is 2.30. The van der Waals surface area contributed by atoms with E-state index in [4.69, 9.17) is 11.6 Å². The SMILES string of the molecule is CNC(Cc1cccc(F)c1F)c1ccccc1Cl. The molecule has 2 rings (SSSR count). The predicted octanol–water partition coefficient (Wildman–Crippen LogP) is 4.12. The molecular formula is C15H14ClF2N. The summed E-state index contributed by atoms with van der Waals surface area (Å²) in [5, 5.41) is 3.69. The van der Waals surface area contributed by atoms with Crippen LogP contribution in [-0.2, 0) is 6.42 Å². The lowest BCUT2D eigenvalue weighted by Crippen LogP contribution is -2.20. The molecule has 0 aliphatic carbocycles. The molecule has 0 radical (unpaired) electrons. The molecule has 0 amide bonds. The molecule has 2 aromatic rings. The Morgan fingerprint density at radius 2 is 1.84 bits per heavy atom. The molecule has 1 N–H and O–H groups in total. The fourth-order valence-corrected chi connectivity index (χ4v) is 2.32. The molecule has 0 spiro atoms. The Kier molecular flexibility index (Phi) is 4.51. The van der Waals surface area contributed by atoms with Crippen molar-refractivity contribution in [2.75, 3.05) is 7.05 Å². The molecule has 0 heterocycles. The number of nitrogens with one attached hydrogen (secondary N) is 1. The van der Waals surface area contributed by atoms with Gasteiger partial charge in [0.05, 0.1) is 0 Å². The van der Waals surface area contributed by atoms with Crippen LogP contribution in [-0.4, -0.2) is 7.05 Å². The summed E-state index contributed by atoms with van der Waals surface area (Å²) >= 11 is 6.13. The molecule has 1 nitrogen and oxygen atoms in total. The van der Waals surface area contributed by atoms with Crippen molar-refractivity contribution in [1.29, 1.82) is 0 Å². The van der Waals surface area contributed by atoms with Crippen molar-refractivity contribution >= 4 is 11.6 Å². The Labute approximate surface area is 116 Å². The molecule has 100 valence electrons. The summed E-state index contributed by atoms with van der Waals surface area (Å²) in [7, 11) is 1.77. The van der Waals surface area contributed by atoms with E-state index >= 15 is 0 Å². The minimum absolute atomic E-state index is 0.162. The van der Waals surface area contributed by atoms with Crippen LogP contribution in [0.5, 0.6) is 0 Å². The first-order valence-corrected chi connectivity index (χ1v) is 6.36. The number of halogens is 3. The number of benzene rings is 2. The Morgan fingerprint density at radius 1 is 1.11 bits per heavy atom. The summed E-state index contributed by atoms with van der Waals surface area (Å²) < 4.78 is 26.9. The first-order valence-electron chi connectivity index (χ1n) is 5.98. The molecule has 2 aromatic carbocycles. The first kappa shape index (κ1) is 14.0. The largest absolute Gasteiger partial charge is 0.313 e. The van der Waals surface area contributed by atoms with Crippen LogP contribution in [0.1, 0.15) is 17.2 Å². The highest BCUT2D eigenvalue weighted by molar-refractivity contribution is 6.31. The van der Waals surface area contributed by atoms with Crippen molar-refractivity contribution in [2.45, 2.75) is 12.5 Å². The standard InChI is InChI=1S/C15H14ClF2N/c1-19-14(11-6-2-3-7-12(11)16)9-10-5-4-8-13(17)15(10)18/h2-8,14,19H,9H2,1H3. The summed E-state index contributed by atoms with van der Waals surface area (Å²) in [6, 6.07) is 11.4. The van der Waals surface area contributed by atoms with E-state index in [0.717, 1.165) is 11.6 Å². The second kappa shape index (κ2) is 6.13. The summed E-state index contributed by atoms with van der Waals surface area (Å²) in [5.41, 5.74) is 1.20. The van der Waals surface area contributed by atoms with E-state index in [9.17, 15) is 8.78 Å². The van der Waals surface area contributed by atoms with E-state index in [2.05, 4.69) is 5.32 Å². The van der Waals surface area contributed by atoms with Crippen molar-refractivity contribution in [1.82, 2.24) is 5.32 Å². The lowest BCUT2D eigenvalue weighted by Gasteiger charge is -2.18. The maximum Gasteiger partial charge on any atom is 0.162 e. The van der Waals surface area contributed by atoms with Crippen molar-refractivity contribution in [3.8, 4) is 0 Å². The fraction of sp³-hybridized carbons (Fsp3) is 0.200. The van der Waals surface area contributed by atoms with Crippen molar-refractivity contribution in [3.05, 3.63) is 70.2 Å². The molecule has 1 atom stereocenters. The summed E-state index contributed by atoms with van der Waals surface area (Å²) in [6.07, 6.45) is 0.337. The zero-order chi connectivity index (χ0) is 13.8. The average Bonchev–Trinajstić information content (AvgIpc) is 2.41. The van der Waals surface area contributed by atoms with Gasteiger partial charge in [0.25, 0.3) is 0 Å². The highest BCUT2D eigenvalue weighted by Gasteiger charge is 2.16. The van der Waals surface area contributed by atoms with Crippen LogP contribution in [0.25, 0.3) is 0 Å². The van der Waals surface area contributed by atoms with E-state index in [1.807, 2.05) is 18.2 Å². The van der Waals surface area contributed by atoms with Crippen LogP contribution in [0.15, 0.2) is 42.5 Å². The van der Waals surface area contributed by atoms with Gasteiger partial charge in [0, 0.05) is 11.1 Å². The maximum atomic E-state index is 13.7. The molecule has 0 fully saturated rings. The highest BCUT2D eigenvalue weighted by atomic mass is 35.5. The van der Waals surface area contributed by atoms with Gasteiger partial charge in [-0.2, -0.15) is 0 Å². The minimum Gasteiger partial charge on any atom is -0.313 e. The van der Waals surface area contributed by atoms with Gasteiger partial charge in [-0.15, -0.1) is 0 Å². The van der Waals surface area contributed by atoms with Gasteiger partial charge in [-0.3, -0.25) is 0 Å². The molecule has 4 heteroatoms. The van der Waals surface area contributed by atoms with Gasteiger partial charge in [-0.1, -0.05) is 41.9 Å². The van der Waals surface area contributed by atoms with Crippen molar-refractivity contribution < 1.29 is 8.78 Å². The minimum atomic E-state index is -0.827. The van der Waals surface area contributed by atoms with Crippen molar-refractivity contribution in [2.24, 2.45) is 0 Å². The van der Waals surface area contributed by atoms with Crippen LogP contribution in [0.2, 0.25) is 5.02 Å². The van der Waals surface area contributed by atoms with Gasteiger partial charge < -0.3 is 5.32 Å². The smallest absolute Gasteiger partial charge is 0.162 e. The lowest BCUT2D eigenvalue weighted by molar-refractivity contribution is 0.487. The third-order valence-electron chi connectivity index (χ3n) is 3.08. The third-order valence-corrected chi connectivity index (χ3v) is 3.43. The van der Waals surface area contributed by atoms with E-state index < -0.39 is 11.6 Å². The molecule has 0 saturated heterocycles.